The summed E-state index contributed by atoms with van der Waals surface area (Å²) in [6.45, 7) is 13.1. The Balaban J connectivity index is 0.000000166. The van der Waals surface area contributed by atoms with Crippen LogP contribution in [0.5, 0.6) is 0 Å². The molecule has 23 heteroatoms. The van der Waals surface area contributed by atoms with Gasteiger partial charge in [-0.25, -0.2) is 46.3 Å². The molecule has 0 saturated heterocycles. The molecule has 10 aromatic rings. The van der Waals surface area contributed by atoms with Gasteiger partial charge in [-0.05, 0) is 94.6 Å². The van der Waals surface area contributed by atoms with E-state index >= 15 is 0 Å². The van der Waals surface area contributed by atoms with Crippen molar-refractivity contribution in [3.8, 4) is 42.7 Å². The quantitative estimate of drug-likeness (QED) is 0.0544. The first-order chi connectivity index (χ1) is 40.5. The molecule has 0 bridgehead atoms. The standard InChI is InChI=1S/C22H17F2N3OS2.C20H15BrF2N2O2S.C20H16F2N2O2S/c1-11-6-4-7-14(10-11)20-19(18-12(2)29-13(3)25-18)26-22(30-20)27-21(28)17-15(23)8-5-9-16(17)24;1-10-5-3-6-12(9-10)18-16(17(26)11(2)21)24-20(28-18)25-19(27)15-13(22)7-4-8-14(15)23;1-3-15(25)17-18(12-7-4-6-11(2)10-12)27-20(23-17)24-19(26)16-13(21)8-5-9-14(16)22/h4-10H,1-3H3,(H,26,27,28);3-9,11H,1-2H3,(H,24,25,27);4-10H,3H2,1-2H3,(H,23,24,26). The van der Waals surface area contributed by atoms with Crippen molar-refractivity contribution in [2.24, 2.45) is 0 Å². The predicted molar refractivity (Wildman–Crippen MR) is 328 cm³/mol. The summed E-state index contributed by atoms with van der Waals surface area (Å²) in [7, 11) is 0. The number of rotatable bonds is 14. The number of anilines is 3. The Bertz CT molecular complexity index is 4140. The van der Waals surface area contributed by atoms with Crippen molar-refractivity contribution in [2.45, 2.75) is 59.7 Å². The minimum absolute atomic E-state index is 0.0839. The third kappa shape index (κ3) is 15.0. The summed E-state index contributed by atoms with van der Waals surface area (Å²) in [5.41, 5.74) is 5.36. The Hall–Kier alpha value is -8.35. The fourth-order valence-electron chi connectivity index (χ4n) is 8.31. The molecule has 6 aromatic carbocycles. The number of halogens is 7. The number of carbonyl (C=O) groups is 5. The SMILES string of the molecule is CCC(=O)c1nc(NC(=O)c2c(F)cccc2F)sc1-c1cccc(C)c1.Cc1cccc(-c2sc(NC(=O)c3c(F)cccc3F)nc2-c2nc(C)sc2C)c1.Cc1cccc(-c2sc(NC(=O)c3c(F)cccc3F)nc2C(=O)C(C)Br)c1. The number of hydrogen-bond acceptors (Lipinski definition) is 13. The molecule has 0 aliphatic heterocycles. The zero-order chi connectivity index (χ0) is 61.4. The molecule has 0 spiro atoms. The lowest BCUT2D eigenvalue weighted by Crippen LogP contribution is -2.16. The van der Waals surface area contributed by atoms with E-state index in [2.05, 4.69) is 51.8 Å². The van der Waals surface area contributed by atoms with Gasteiger partial charge in [0.15, 0.2) is 27.0 Å². The van der Waals surface area contributed by atoms with E-state index in [4.69, 9.17) is 0 Å². The zero-order valence-corrected chi connectivity index (χ0v) is 50.9. The van der Waals surface area contributed by atoms with Gasteiger partial charge in [-0.3, -0.25) is 39.9 Å². The Morgan fingerprint density at radius 1 is 0.459 bits per heavy atom. The van der Waals surface area contributed by atoms with E-state index in [0.29, 0.717) is 15.4 Å². The highest BCUT2D eigenvalue weighted by atomic mass is 79.9. The van der Waals surface area contributed by atoms with E-state index in [0.717, 1.165) is 113 Å². The van der Waals surface area contributed by atoms with Crippen molar-refractivity contribution >= 4 is 106 Å². The number of ketones is 2. The molecule has 0 aliphatic carbocycles. The number of aromatic nitrogens is 4. The van der Waals surface area contributed by atoms with Gasteiger partial charge < -0.3 is 0 Å². The van der Waals surface area contributed by atoms with E-state index in [1.54, 1.807) is 25.2 Å². The summed E-state index contributed by atoms with van der Waals surface area (Å²) < 4.78 is 83.3. The number of aryl methyl sites for hydroxylation is 5. The van der Waals surface area contributed by atoms with Gasteiger partial charge in [0.25, 0.3) is 17.7 Å². The molecule has 4 aromatic heterocycles. The largest absolute Gasteiger partial charge is 0.298 e. The monoisotopic (exact) mass is 1290 g/mol. The van der Waals surface area contributed by atoms with Crippen LogP contribution in [-0.2, 0) is 0 Å². The lowest BCUT2D eigenvalue weighted by Gasteiger charge is -2.04. The van der Waals surface area contributed by atoms with Gasteiger partial charge in [0, 0.05) is 11.3 Å². The second-order valence-corrected chi connectivity index (χ2v) is 24.5. The van der Waals surface area contributed by atoms with Crippen LogP contribution in [0.4, 0.5) is 41.7 Å². The molecule has 12 nitrogen and oxygen atoms in total. The van der Waals surface area contributed by atoms with Crippen LogP contribution >= 0.6 is 61.3 Å². The second-order valence-electron chi connectivity index (χ2n) is 18.7. The number of benzene rings is 6. The van der Waals surface area contributed by atoms with Gasteiger partial charge in [0.05, 0.1) is 24.5 Å². The zero-order valence-electron chi connectivity index (χ0n) is 46.0. The van der Waals surface area contributed by atoms with Gasteiger partial charge >= 0.3 is 0 Å². The smallest absolute Gasteiger partial charge is 0.263 e. The summed E-state index contributed by atoms with van der Waals surface area (Å²) in [6, 6.07) is 32.6. The van der Waals surface area contributed by atoms with Gasteiger partial charge in [-0.15, -0.1) is 11.3 Å². The Morgan fingerprint density at radius 2 is 0.800 bits per heavy atom. The number of alkyl halides is 1. The molecule has 3 N–H and O–H groups in total. The maximum absolute atomic E-state index is 14.0. The topological polar surface area (TPSA) is 173 Å². The van der Waals surface area contributed by atoms with Crippen LogP contribution in [0.2, 0.25) is 0 Å². The first-order valence-electron chi connectivity index (χ1n) is 25.7. The molecular weight excluding hydrogens is 1240 g/mol. The van der Waals surface area contributed by atoms with Crippen molar-refractivity contribution in [3.63, 3.8) is 0 Å². The fraction of sp³-hybridized carbons (Fsp3) is 0.145. The molecule has 85 heavy (non-hydrogen) atoms. The molecule has 0 radical (unpaired) electrons. The van der Waals surface area contributed by atoms with Crippen molar-refractivity contribution in [1.82, 2.24) is 19.9 Å². The molecule has 4 heterocycles. The average Bonchev–Trinajstić information content (AvgIpc) is 2.73. The fourth-order valence-corrected chi connectivity index (χ4v) is 12.2. The minimum atomic E-state index is -0.974. The van der Waals surface area contributed by atoms with Gasteiger partial charge in [-0.1, -0.05) is 165 Å². The maximum atomic E-state index is 14.0. The maximum Gasteiger partial charge on any atom is 0.263 e. The summed E-state index contributed by atoms with van der Waals surface area (Å²) in [6.07, 6.45) is 0.248. The number of thiazole rings is 4. The van der Waals surface area contributed by atoms with E-state index in [1.165, 1.54) is 29.5 Å². The predicted octanol–water partition coefficient (Wildman–Crippen LogP) is 17.2. The molecule has 434 valence electrons. The number of Topliss-reactive ketones (excluding diaryl/α,β-unsaturated/α-hetero) is 2. The first-order valence-corrected chi connectivity index (χ1v) is 29.8. The van der Waals surface area contributed by atoms with Crippen molar-refractivity contribution in [1.29, 1.82) is 0 Å². The van der Waals surface area contributed by atoms with Crippen LogP contribution in [0, 0.1) is 69.5 Å². The van der Waals surface area contributed by atoms with Crippen molar-refractivity contribution < 1.29 is 50.3 Å². The lowest BCUT2D eigenvalue weighted by molar-refractivity contribution is 0.0978. The molecule has 0 aliphatic rings. The van der Waals surface area contributed by atoms with E-state index < -0.39 is 74.1 Å². The molecule has 0 saturated carbocycles. The molecule has 1 atom stereocenters. The van der Waals surface area contributed by atoms with Gasteiger partial charge in [0.1, 0.15) is 74.4 Å². The van der Waals surface area contributed by atoms with Crippen LogP contribution in [0.15, 0.2) is 127 Å². The number of amides is 3. The highest BCUT2D eigenvalue weighted by molar-refractivity contribution is 9.10. The summed E-state index contributed by atoms with van der Waals surface area (Å²) >= 11 is 8.21. The van der Waals surface area contributed by atoms with Crippen molar-refractivity contribution in [3.05, 3.63) is 217 Å². The van der Waals surface area contributed by atoms with E-state index in [9.17, 15) is 50.3 Å². The Kier molecular flexibility index (Phi) is 20.3. The summed E-state index contributed by atoms with van der Waals surface area (Å²) in [5, 5.41) is 8.69. The molecular formula is C62H48BrF6N7O5S4. The number of nitrogens with zero attached hydrogens (tertiary/aromatic N) is 4. The number of carbonyl (C=O) groups excluding carboxylic acids is 5. The summed E-state index contributed by atoms with van der Waals surface area (Å²) in [4.78, 5) is 82.2. The molecule has 0 fully saturated rings. The average molecular weight is 1290 g/mol. The van der Waals surface area contributed by atoms with Crippen LogP contribution < -0.4 is 16.0 Å². The normalized spacial score (nSPS) is 11.2. The van der Waals surface area contributed by atoms with Crippen LogP contribution in [0.3, 0.4) is 0 Å². The van der Waals surface area contributed by atoms with E-state index in [1.807, 2.05) is 107 Å². The third-order valence-electron chi connectivity index (χ3n) is 12.3. The number of hydrogen-bond donors (Lipinski definition) is 3. The van der Waals surface area contributed by atoms with Crippen LogP contribution in [-0.4, -0.2) is 54.1 Å². The second kappa shape index (κ2) is 27.6. The highest BCUT2D eigenvalue weighted by Gasteiger charge is 2.28. The van der Waals surface area contributed by atoms with Gasteiger partial charge in [-0.2, -0.15) is 0 Å². The van der Waals surface area contributed by atoms with E-state index in [-0.39, 0.29) is 44.8 Å². The van der Waals surface area contributed by atoms with Gasteiger partial charge in [0.2, 0.25) is 0 Å². The highest BCUT2D eigenvalue weighted by Crippen LogP contribution is 2.42. The van der Waals surface area contributed by atoms with Crippen LogP contribution in [0.1, 0.15) is 98.9 Å². The molecule has 1 unspecified atom stereocenters. The van der Waals surface area contributed by atoms with Crippen LogP contribution in [0.25, 0.3) is 42.7 Å². The Labute approximate surface area is 508 Å². The van der Waals surface area contributed by atoms with Crippen molar-refractivity contribution in [2.75, 3.05) is 16.0 Å². The molecule has 10 rings (SSSR count). The Morgan fingerprint density at radius 3 is 1.15 bits per heavy atom. The minimum Gasteiger partial charge on any atom is -0.298 e. The summed E-state index contributed by atoms with van der Waals surface area (Å²) in [5.74, 6) is -8.96. The lowest BCUT2D eigenvalue weighted by atomic mass is 10.1. The number of nitrogens with one attached hydrogen (secondary N) is 3. The first kappa shape index (κ1) is 62.7. The molecule has 3 amide bonds. The third-order valence-corrected chi connectivity index (χ3v) is 16.6.